The minimum Gasteiger partial charge on any atom is -0.392 e. The molecule has 0 saturated carbocycles. The van der Waals surface area contributed by atoms with Gasteiger partial charge in [-0.05, 0) is 5.92 Å². The molecule has 0 aromatic rings. The van der Waals surface area contributed by atoms with Crippen LogP contribution in [0.4, 0.5) is 0 Å². The fourth-order valence-corrected chi connectivity index (χ4v) is 2.59. The second-order valence-corrected chi connectivity index (χ2v) is 6.33. The van der Waals surface area contributed by atoms with Crippen molar-refractivity contribution in [3.8, 4) is 0 Å². The van der Waals surface area contributed by atoms with E-state index < -0.39 is 0 Å². The molecule has 0 aliphatic carbocycles. The molecule has 0 aliphatic heterocycles. The molecule has 0 aromatic carbocycles. The molecule has 0 amide bonds. The van der Waals surface area contributed by atoms with Crippen molar-refractivity contribution < 1.29 is 5.11 Å². The number of aliphatic hydroxyl groups is 1. The summed E-state index contributed by atoms with van der Waals surface area (Å²) in [6.45, 7) is 10.3. The summed E-state index contributed by atoms with van der Waals surface area (Å²) in [6, 6.07) is 0. The van der Waals surface area contributed by atoms with E-state index in [9.17, 15) is 5.11 Å². The number of hydrogen-bond donors (Lipinski definition) is 1. The maximum absolute atomic E-state index is 9.78. The van der Waals surface area contributed by atoms with E-state index in [0.717, 1.165) is 4.20 Å². The van der Waals surface area contributed by atoms with Crippen LogP contribution in [0.1, 0.15) is 34.6 Å². The molecule has 0 heterocycles. The van der Waals surface area contributed by atoms with E-state index in [-0.39, 0.29) is 17.9 Å². The third-order valence-electron chi connectivity index (χ3n) is 1.92. The van der Waals surface area contributed by atoms with E-state index in [1.807, 2.05) is 20.8 Å². The van der Waals surface area contributed by atoms with Gasteiger partial charge in [-0.15, -0.1) is 11.8 Å². The van der Waals surface area contributed by atoms with Gasteiger partial charge in [0.05, 0.1) is 10.3 Å². The summed E-state index contributed by atoms with van der Waals surface area (Å²) >= 11 is 6.93. The van der Waals surface area contributed by atoms with Crippen LogP contribution in [0.3, 0.4) is 0 Å². The molecule has 0 radical (unpaired) electrons. The van der Waals surface area contributed by atoms with Crippen LogP contribution in [-0.4, -0.2) is 20.7 Å². The summed E-state index contributed by atoms with van der Waals surface area (Å²) in [5.74, 6) is 0.392. The van der Waals surface area contributed by atoms with Crippen LogP contribution in [0.5, 0.6) is 0 Å². The molecule has 1 N–H and O–H groups in total. The standard InChI is InChI=1S/C10H20OS2/c1-6(2)9(11)8(5)10(12)13-7(3)4/h6-9,11H,1-5H3/t8-,9+/m0/s1. The average Bonchev–Trinajstić information content (AvgIpc) is 2.00. The maximum atomic E-state index is 9.78. The average molecular weight is 220 g/mol. The van der Waals surface area contributed by atoms with E-state index in [1.54, 1.807) is 11.8 Å². The lowest BCUT2D eigenvalue weighted by molar-refractivity contribution is 0.0998. The van der Waals surface area contributed by atoms with Crippen molar-refractivity contribution >= 4 is 28.2 Å². The predicted molar refractivity (Wildman–Crippen MR) is 65.3 cm³/mol. The second kappa shape index (κ2) is 5.99. The lowest BCUT2D eigenvalue weighted by Gasteiger charge is -2.23. The summed E-state index contributed by atoms with van der Waals surface area (Å²) in [5, 5.41) is 10.3. The Labute approximate surface area is 91.3 Å². The molecular weight excluding hydrogens is 200 g/mol. The lowest BCUT2D eigenvalue weighted by atomic mass is 9.96. The van der Waals surface area contributed by atoms with Crippen LogP contribution in [0.2, 0.25) is 0 Å². The quantitative estimate of drug-likeness (QED) is 0.735. The van der Waals surface area contributed by atoms with Gasteiger partial charge in [-0.1, -0.05) is 46.8 Å². The van der Waals surface area contributed by atoms with Gasteiger partial charge in [0.15, 0.2) is 0 Å². The van der Waals surface area contributed by atoms with Crippen LogP contribution < -0.4 is 0 Å². The topological polar surface area (TPSA) is 20.2 Å². The highest BCUT2D eigenvalue weighted by molar-refractivity contribution is 8.23. The third-order valence-corrected chi connectivity index (χ3v) is 3.65. The molecule has 0 unspecified atom stereocenters. The van der Waals surface area contributed by atoms with E-state index in [1.165, 1.54) is 0 Å². The van der Waals surface area contributed by atoms with Gasteiger partial charge < -0.3 is 5.11 Å². The van der Waals surface area contributed by atoms with Crippen molar-refractivity contribution in [2.24, 2.45) is 11.8 Å². The van der Waals surface area contributed by atoms with Gasteiger partial charge >= 0.3 is 0 Å². The zero-order valence-corrected chi connectivity index (χ0v) is 10.7. The monoisotopic (exact) mass is 220 g/mol. The Morgan fingerprint density at radius 1 is 1.15 bits per heavy atom. The van der Waals surface area contributed by atoms with E-state index in [0.29, 0.717) is 5.25 Å². The number of thiocarbonyl (C=S) groups is 1. The van der Waals surface area contributed by atoms with Crippen molar-refractivity contribution in [1.82, 2.24) is 0 Å². The Bertz CT molecular complexity index is 166. The van der Waals surface area contributed by atoms with Gasteiger partial charge in [0.25, 0.3) is 0 Å². The van der Waals surface area contributed by atoms with Gasteiger partial charge in [0.2, 0.25) is 0 Å². The fourth-order valence-electron chi connectivity index (χ4n) is 1.06. The molecule has 0 aromatic heterocycles. The highest BCUT2D eigenvalue weighted by Crippen LogP contribution is 2.23. The van der Waals surface area contributed by atoms with Crippen LogP contribution in [0.25, 0.3) is 0 Å². The maximum Gasteiger partial charge on any atom is 0.0642 e. The molecule has 0 rings (SSSR count). The van der Waals surface area contributed by atoms with Crippen molar-refractivity contribution in [2.45, 2.75) is 46.0 Å². The Morgan fingerprint density at radius 2 is 1.62 bits per heavy atom. The number of rotatable bonds is 4. The van der Waals surface area contributed by atoms with Gasteiger partial charge in [-0.3, -0.25) is 0 Å². The second-order valence-electron chi connectivity index (χ2n) is 4.01. The predicted octanol–water partition coefficient (Wildman–Crippen LogP) is 3.11. The molecule has 0 spiro atoms. The minimum absolute atomic E-state index is 0.113. The van der Waals surface area contributed by atoms with Gasteiger partial charge in [-0.2, -0.15) is 0 Å². The van der Waals surface area contributed by atoms with E-state index in [2.05, 4.69) is 13.8 Å². The van der Waals surface area contributed by atoms with Crippen LogP contribution in [-0.2, 0) is 0 Å². The zero-order chi connectivity index (χ0) is 10.6. The van der Waals surface area contributed by atoms with E-state index >= 15 is 0 Å². The SMILES string of the molecule is CC(C)SC(=S)[C@@H](C)[C@H](O)C(C)C. The first kappa shape index (κ1) is 13.4. The van der Waals surface area contributed by atoms with Crippen molar-refractivity contribution in [3.63, 3.8) is 0 Å². The fraction of sp³-hybridized carbons (Fsp3) is 0.900. The molecule has 78 valence electrons. The Morgan fingerprint density at radius 3 is 1.92 bits per heavy atom. The summed E-state index contributed by atoms with van der Waals surface area (Å²) < 4.78 is 0.927. The zero-order valence-electron chi connectivity index (χ0n) is 9.07. The molecule has 0 bridgehead atoms. The van der Waals surface area contributed by atoms with Crippen LogP contribution in [0.15, 0.2) is 0 Å². The van der Waals surface area contributed by atoms with Crippen LogP contribution in [0, 0.1) is 11.8 Å². The summed E-state index contributed by atoms with van der Waals surface area (Å²) in [7, 11) is 0. The minimum atomic E-state index is -0.307. The van der Waals surface area contributed by atoms with Gasteiger partial charge in [0.1, 0.15) is 0 Å². The largest absolute Gasteiger partial charge is 0.392 e. The highest BCUT2D eigenvalue weighted by Gasteiger charge is 2.22. The first-order valence-electron chi connectivity index (χ1n) is 4.74. The Hall–Kier alpha value is 0.400. The molecule has 13 heavy (non-hydrogen) atoms. The third kappa shape index (κ3) is 4.99. The first-order chi connectivity index (χ1) is 5.86. The normalized spacial score (nSPS) is 16.3. The van der Waals surface area contributed by atoms with E-state index in [4.69, 9.17) is 12.2 Å². The number of aliphatic hydroxyl groups excluding tert-OH is 1. The molecule has 1 nitrogen and oxygen atoms in total. The smallest absolute Gasteiger partial charge is 0.0642 e. The Kier molecular flexibility index (Phi) is 6.18. The van der Waals surface area contributed by atoms with Crippen molar-refractivity contribution in [1.29, 1.82) is 0 Å². The molecule has 0 aliphatic rings. The number of hydrogen-bond acceptors (Lipinski definition) is 3. The van der Waals surface area contributed by atoms with Gasteiger partial charge in [-0.25, -0.2) is 0 Å². The summed E-state index contributed by atoms with van der Waals surface area (Å²) in [6.07, 6.45) is -0.307. The summed E-state index contributed by atoms with van der Waals surface area (Å²) in [5.41, 5.74) is 0. The molecule has 0 saturated heterocycles. The lowest BCUT2D eigenvalue weighted by Crippen LogP contribution is -2.28. The Balaban J connectivity index is 4.09. The highest BCUT2D eigenvalue weighted by atomic mass is 32.2. The van der Waals surface area contributed by atoms with Crippen LogP contribution >= 0.6 is 24.0 Å². The molecular formula is C10H20OS2. The molecule has 2 atom stereocenters. The number of thioether (sulfide) groups is 1. The van der Waals surface area contributed by atoms with Crippen molar-refractivity contribution in [3.05, 3.63) is 0 Å². The summed E-state index contributed by atoms with van der Waals surface area (Å²) in [4.78, 5) is 0. The molecule has 3 heteroatoms. The van der Waals surface area contributed by atoms with Gasteiger partial charge in [0, 0.05) is 11.2 Å². The van der Waals surface area contributed by atoms with Crippen molar-refractivity contribution in [2.75, 3.05) is 0 Å². The first-order valence-corrected chi connectivity index (χ1v) is 6.03. The molecule has 0 fully saturated rings.